The van der Waals surface area contributed by atoms with Gasteiger partial charge in [-0.3, -0.25) is 4.79 Å². The summed E-state index contributed by atoms with van der Waals surface area (Å²) in [7, 11) is 0. The van der Waals surface area contributed by atoms with Gasteiger partial charge < -0.3 is 9.47 Å². The molecule has 0 amide bonds. The second kappa shape index (κ2) is 9.90. The summed E-state index contributed by atoms with van der Waals surface area (Å²) < 4.78 is 39.6. The summed E-state index contributed by atoms with van der Waals surface area (Å²) in [4.78, 5) is 12.7. The summed E-state index contributed by atoms with van der Waals surface area (Å²) in [6, 6.07) is 2.85. The molecule has 0 bridgehead atoms. The molecule has 3 rings (SSSR count). The molecule has 1 saturated heterocycles. The van der Waals surface area contributed by atoms with Crippen molar-refractivity contribution in [2.75, 3.05) is 6.61 Å². The Morgan fingerprint density at radius 2 is 1.79 bits per heavy atom. The molecule has 0 radical (unpaired) electrons. The quantitative estimate of drug-likeness (QED) is 0.490. The van der Waals surface area contributed by atoms with Crippen molar-refractivity contribution in [2.45, 2.75) is 84.2 Å². The first-order valence-corrected chi connectivity index (χ1v) is 11.3. The van der Waals surface area contributed by atoms with E-state index in [4.69, 9.17) is 9.47 Å². The van der Waals surface area contributed by atoms with Gasteiger partial charge in [-0.25, -0.2) is 4.39 Å². The first kappa shape index (κ1) is 22.0. The standard InChI is InChI=1S/C24H34F2O3/c1-4-6-16-7-9-17(10-8-16)15(3)20-13-12-19(24(27)29-20)18-11-14-21(28-5-2)23(26)22(18)25/h11,14-17,19-20H,4-10,12-13H2,1-3H3. The lowest BCUT2D eigenvalue weighted by Gasteiger charge is -2.38. The number of hydrogen-bond donors (Lipinski definition) is 0. The highest BCUT2D eigenvalue weighted by Gasteiger charge is 2.39. The molecule has 29 heavy (non-hydrogen) atoms. The fraction of sp³-hybridized carbons (Fsp3) is 0.708. The smallest absolute Gasteiger partial charge is 0.313 e. The van der Waals surface area contributed by atoms with Gasteiger partial charge >= 0.3 is 5.97 Å². The van der Waals surface area contributed by atoms with Gasteiger partial charge in [0.15, 0.2) is 11.6 Å². The van der Waals surface area contributed by atoms with E-state index in [0.717, 1.165) is 5.92 Å². The Hall–Kier alpha value is -1.65. The van der Waals surface area contributed by atoms with Crippen molar-refractivity contribution < 1.29 is 23.0 Å². The Bertz CT molecular complexity index is 698. The molecule has 3 atom stereocenters. The average molecular weight is 409 g/mol. The molecule has 162 valence electrons. The van der Waals surface area contributed by atoms with Crippen LogP contribution >= 0.6 is 0 Å². The normalized spacial score (nSPS) is 28.7. The number of carbonyl (C=O) groups excluding carboxylic acids is 1. The summed E-state index contributed by atoms with van der Waals surface area (Å²) in [5, 5.41) is 0. The fourth-order valence-corrected chi connectivity index (χ4v) is 5.19. The van der Waals surface area contributed by atoms with E-state index in [1.807, 2.05) is 0 Å². The lowest BCUT2D eigenvalue weighted by Crippen LogP contribution is -2.38. The zero-order valence-corrected chi connectivity index (χ0v) is 17.9. The molecule has 3 nitrogen and oxygen atoms in total. The van der Waals surface area contributed by atoms with E-state index >= 15 is 0 Å². The molecule has 3 unspecified atom stereocenters. The van der Waals surface area contributed by atoms with Gasteiger partial charge in [-0.05, 0) is 56.4 Å². The van der Waals surface area contributed by atoms with Crippen molar-refractivity contribution >= 4 is 5.97 Å². The van der Waals surface area contributed by atoms with E-state index in [1.54, 1.807) is 6.92 Å². The third kappa shape index (κ3) is 4.92. The predicted molar refractivity (Wildman–Crippen MR) is 109 cm³/mol. The number of carbonyl (C=O) groups is 1. The highest BCUT2D eigenvalue weighted by molar-refractivity contribution is 5.79. The molecule has 2 fully saturated rings. The molecule has 1 heterocycles. The van der Waals surface area contributed by atoms with Gasteiger partial charge in [0.1, 0.15) is 6.10 Å². The van der Waals surface area contributed by atoms with Crippen molar-refractivity contribution in [3.05, 3.63) is 29.3 Å². The highest BCUT2D eigenvalue weighted by atomic mass is 19.2. The third-order valence-corrected chi connectivity index (χ3v) is 6.96. The van der Waals surface area contributed by atoms with Crippen LogP contribution < -0.4 is 4.74 Å². The van der Waals surface area contributed by atoms with Crippen LogP contribution in [0.5, 0.6) is 5.75 Å². The van der Waals surface area contributed by atoms with E-state index in [9.17, 15) is 13.6 Å². The van der Waals surface area contributed by atoms with Gasteiger partial charge in [0, 0.05) is 5.56 Å². The van der Waals surface area contributed by atoms with Crippen molar-refractivity contribution in [3.63, 3.8) is 0 Å². The number of halogens is 2. The number of cyclic esters (lactones) is 1. The van der Waals surface area contributed by atoms with Crippen LogP contribution in [-0.4, -0.2) is 18.7 Å². The maximum atomic E-state index is 14.5. The molecule has 5 heteroatoms. The van der Waals surface area contributed by atoms with E-state index in [1.165, 1.54) is 50.7 Å². The fourth-order valence-electron chi connectivity index (χ4n) is 5.19. The molecule has 0 spiro atoms. The second-order valence-electron chi connectivity index (χ2n) is 8.75. The molecule has 1 aromatic carbocycles. The Balaban J connectivity index is 1.61. The van der Waals surface area contributed by atoms with Gasteiger partial charge in [-0.2, -0.15) is 4.39 Å². The van der Waals surface area contributed by atoms with Crippen molar-refractivity contribution in [1.29, 1.82) is 0 Å². The van der Waals surface area contributed by atoms with Gasteiger partial charge in [0.05, 0.1) is 12.5 Å². The van der Waals surface area contributed by atoms with Crippen LogP contribution in [0.2, 0.25) is 0 Å². The summed E-state index contributed by atoms with van der Waals surface area (Å²) in [5.41, 5.74) is 0.0714. The molecule has 1 aliphatic heterocycles. The topological polar surface area (TPSA) is 35.5 Å². The van der Waals surface area contributed by atoms with E-state index < -0.39 is 23.5 Å². The summed E-state index contributed by atoms with van der Waals surface area (Å²) >= 11 is 0. The Kier molecular flexibility index (Phi) is 7.53. The van der Waals surface area contributed by atoms with Crippen LogP contribution in [0, 0.1) is 29.4 Å². The maximum Gasteiger partial charge on any atom is 0.313 e. The minimum Gasteiger partial charge on any atom is -0.491 e. The zero-order valence-electron chi connectivity index (χ0n) is 17.9. The van der Waals surface area contributed by atoms with Gasteiger partial charge in [0.2, 0.25) is 5.82 Å². The zero-order chi connectivity index (χ0) is 21.0. The number of benzene rings is 1. The van der Waals surface area contributed by atoms with Gasteiger partial charge in [-0.1, -0.05) is 45.6 Å². The SMILES string of the molecule is CCCC1CCC(C(C)C2CCC(c3ccc(OCC)c(F)c3F)C(=O)O2)CC1. The predicted octanol–water partition coefficient (Wildman–Crippen LogP) is 6.40. The third-order valence-electron chi connectivity index (χ3n) is 6.96. The Morgan fingerprint density at radius 1 is 1.07 bits per heavy atom. The van der Waals surface area contributed by atoms with Gasteiger partial charge in [0.25, 0.3) is 0 Å². The van der Waals surface area contributed by atoms with E-state index in [-0.39, 0.29) is 24.0 Å². The van der Waals surface area contributed by atoms with E-state index in [0.29, 0.717) is 24.7 Å². The molecule has 2 aliphatic rings. The molecule has 0 N–H and O–H groups in total. The Labute approximate surface area is 173 Å². The minimum atomic E-state index is -1.03. The number of rotatable bonds is 7. The molecule has 1 aromatic rings. The van der Waals surface area contributed by atoms with Crippen LogP contribution in [0.3, 0.4) is 0 Å². The summed E-state index contributed by atoms with van der Waals surface area (Å²) in [6.07, 6.45) is 8.54. The summed E-state index contributed by atoms with van der Waals surface area (Å²) in [6.45, 7) is 6.38. The summed E-state index contributed by atoms with van der Waals surface area (Å²) in [5.74, 6) is -1.60. The van der Waals surface area contributed by atoms with Crippen LogP contribution in [0.15, 0.2) is 12.1 Å². The van der Waals surface area contributed by atoms with E-state index in [2.05, 4.69) is 13.8 Å². The van der Waals surface area contributed by atoms with Crippen LogP contribution in [-0.2, 0) is 9.53 Å². The minimum absolute atomic E-state index is 0.0714. The van der Waals surface area contributed by atoms with Gasteiger partial charge in [-0.15, -0.1) is 0 Å². The number of hydrogen-bond acceptors (Lipinski definition) is 3. The molecule has 1 saturated carbocycles. The van der Waals surface area contributed by atoms with Crippen LogP contribution in [0.4, 0.5) is 8.78 Å². The van der Waals surface area contributed by atoms with Crippen molar-refractivity contribution in [1.82, 2.24) is 0 Å². The average Bonchev–Trinajstić information content (AvgIpc) is 2.72. The molecule has 0 aromatic heterocycles. The molecular formula is C24H34F2O3. The largest absolute Gasteiger partial charge is 0.491 e. The lowest BCUT2D eigenvalue weighted by atomic mass is 9.72. The van der Waals surface area contributed by atoms with Crippen LogP contribution in [0.25, 0.3) is 0 Å². The second-order valence-corrected chi connectivity index (χ2v) is 8.75. The molecule has 1 aliphatic carbocycles. The number of ether oxygens (including phenoxy) is 2. The lowest BCUT2D eigenvalue weighted by molar-refractivity contribution is -0.161. The highest BCUT2D eigenvalue weighted by Crippen LogP contribution is 2.41. The molecular weight excluding hydrogens is 374 g/mol. The van der Waals surface area contributed by atoms with Crippen molar-refractivity contribution in [2.24, 2.45) is 17.8 Å². The monoisotopic (exact) mass is 408 g/mol. The first-order valence-electron chi connectivity index (χ1n) is 11.3. The van der Waals surface area contributed by atoms with Crippen molar-refractivity contribution in [3.8, 4) is 5.75 Å². The number of esters is 1. The Morgan fingerprint density at radius 3 is 2.41 bits per heavy atom. The first-order chi connectivity index (χ1) is 14.0. The van der Waals surface area contributed by atoms with Crippen LogP contribution in [0.1, 0.15) is 83.6 Å². The maximum absolute atomic E-state index is 14.5.